The first-order valence-corrected chi connectivity index (χ1v) is 8.13. The average molecular weight is 367 g/mol. The van der Waals surface area contributed by atoms with Crippen LogP contribution in [0.3, 0.4) is 0 Å². The van der Waals surface area contributed by atoms with Crippen LogP contribution in [0.5, 0.6) is 0 Å². The Hall–Kier alpha value is -2.02. The lowest BCUT2D eigenvalue weighted by Gasteiger charge is -2.20. The maximum atomic E-state index is 11.7. The van der Waals surface area contributed by atoms with Crippen molar-refractivity contribution in [1.29, 1.82) is 0 Å². The van der Waals surface area contributed by atoms with Gasteiger partial charge in [-0.25, -0.2) is 10.1 Å². The smallest absolute Gasteiger partial charge is 0.226 e. The van der Waals surface area contributed by atoms with E-state index in [1.165, 1.54) is 6.20 Å². The van der Waals surface area contributed by atoms with Crippen molar-refractivity contribution in [3.63, 3.8) is 0 Å². The molecule has 0 unspecified atom stereocenters. The molecule has 2 aromatic rings. The van der Waals surface area contributed by atoms with E-state index in [1.54, 1.807) is 41.5 Å². The molecule has 1 aliphatic heterocycles. The summed E-state index contributed by atoms with van der Waals surface area (Å²) in [6, 6.07) is 10.4. The van der Waals surface area contributed by atoms with Gasteiger partial charge in [-0.1, -0.05) is 29.3 Å². The van der Waals surface area contributed by atoms with Gasteiger partial charge in [-0.15, -0.1) is 0 Å². The van der Waals surface area contributed by atoms with E-state index < -0.39 is 0 Å². The van der Waals surface area contributed by atoms with Crippen LogP contribution < -0.4 is 4.73 Å². The number of benzene rings is 1. The van der Waals surface area contributed by atoms with E-state index in [1.807, 2.05) is 11.9 Å². The molecule has 0 radical (unpaired) electrons. The van der Waals surface area contributed by atoms with Gasteiger partial charge < -0.3 is 10.1 Å². The van der Waals surface area contributed by atoms with E-state index in [4.69, 9.17) is 28.0 Å². The summed E-state index contributed by atoms with van der Waals surface area (Å²) >= 11 is 12.4. The van der Waals surface area contributed by atoms with Gasteiger partial charge >= 0.3 is 0 Å². The first kappa shape index (κ1) is 16.8. The van der Waals surface area contributed by atoms with Gasteiger partial charge in [0, 0.05) is 25.7 Å². The molecule has 0 aliphatic carbocycles. The van der Waals surface area contributed by atoms with Crippen LogP contribution in [0.2, 0.25) is 10.0 Å². The molecule has 3 rings (SSSR count). The Balaban J connectivity index is 1.81. The fourth-order valence-electron chi connectivity index (χ4n) is 2.31. The van der Waals surface area contributed by atoms with Crippen molar-refractivity contribution in [3.8, 4) is 0 Å². The molecule has 0 amide bonds. The van der Waals surface area contributed by atoms with Crippen molar-refractivity contribution in [2.24, 2.45) is 4.99 Å². The molecule has 0 bridgehead atoms. The lowest BCUT2D eigenvalue weighted by atomic mass is 10.3. The van der Waals surface area contributed by atoms with Gasteiger partial charge in [0.1, 0.15) is 5.69 Å². The Labute approximate surface area is 150 Å². The van der Waals surface area contributed by atoms with Gasteiger partial charge in [0.2, 0.25) is 11.7 Å². The zero-order valence-electron chi connectivity index (χ0n) is 13.0. The molecular formula is C16H16Cl2N4O2. The summed E-state index contributed by atoms with van der Waals surface area (Å²) in [4.78, 5) is 12.2. The fraction of sp³-hybridized carbons (Fsp3) is 0.250. The number of aromatic nitrogens is 1. The van der Waals surface area contributed by atoms with Gasteiger partial charge in [0.05, 0.1) is 16.6 Å². The standard InChI is InChI=1S/C16H16Cl2N4O2/c1-20-9-10-22(24-11-12-5-2-3-8-21(12)23)16(20)19-15-13(17)6-4-7-14(15)18/h2-8H,9-11H2,1H3. The molecule has 6 nitrogen and oxygen atoms in total. The van der Waals surface area contributed by atoms with Crippen LogP contribution in [0, 0.1) is 5.21 Å². The number of hydrogen-bond donors (Lipinski definition) is 0. The van der Waals surface area contributed by atoms with E-state index in [0.29, 0.717) is 33.9 Å². The maximum absolute atomic E-state index is 11.7. The van der Waals surface area contributed by atoms with Crippen LogP contribution in [-0.2, 0) is 11.4 Å². The van der Waals surface area contributed by atoms with Gasteiger partial charge in [-0.05, 0) is 18.2 Å². The van der Waals surface area contributed by atoms with Crippen molar-refractivity contribution < 1.29 is 9.57 Å². The Kier molecular flexibility index (Phi) is 5.08. The number of likely N-dealkylation sites (N-methyl/N-ethyl adjacent to an activating group) is 1. The zero-order chi connectivity index (χ0) is 17.1. The summed E-state index contributed by atoms with van der Waals surface area (Å²) in [5, 5.41) is 14.3. The number of para-hydroxylation sites is 1. The number of nitrogens with zero attached hydrogens (tertiary/aromatic N) is 4. The third-order valence-corrected chi connectivity index (χ3v) is 4.23. The molecule has 0 atom stereocenters. The normalized spacial score (nSPS) is 16.2. The molecule has 0 spiro atoms. The van der Waals surface area contributed by atoms with Gasteiger partial charge in [0.25, 0.3) is 0 Å². The van der Waals surface area contributed by atoms with E-state index in [0.717, 1.165) is 11.3 Å². The van der Waals surface area contributed by atoms with Crippen molar-refractivity contribution in [3.05, 3.63) is 63.5 Å². The van der Waals surface area contributed by atoms with Crippen LogP contribution in [0.15, 0.2) is 47.6 Å². The number of rotatable bonds is 4. The highest BCUT2D eigenvalue weighted by Crippen LogP contribution is 2.33. The molecule has 2 heterocycles. The molecule has 1 fully saturated rings. The van der Waals surface area contributed by atoms with Crippen LogP contribution in [0.1, 0.15) is 5.69 Å². The number of guanidine groups is 1. The lowest BCUT2D eigenvalue weighted by molar-refractivity contribution is -0.617. The molecule has 0 saturated carbocycles. The average Bonchev–Trinajstić information content (AvgIpc) is 2.90. The second kappa shape index (κ2) is 7.25. The Morgan fingerprint density at radius 3 is 2.62 bits per heavy atom. The van der Waals surface area contributed by atoms with E-state index in [9.17, 15) is 5.21 Å². The van der Waals surface area contributed by atoms with Crippen LogP contribution in [0.25, 0.3) is 0 Å². The van der Waals surface area contributed by atoms with Gasteiger partial charge in [0.15, 0.2) is 12.8 Å². The monoisotopic (exact) mass is 366 g/mol. The number of hydroxylamine groups is 2. The predicted molar refractivity (Wildman–Crippen MR) is 93.1 cm³/mol. The fourth-order valence-corrected chi connectivity index (χ4v) is 2.79. The first-order valence-electron chi connectivity index (χ1n) is 7.37. The molecule has 126 valence electrons. The highest BCUT2D eigenvalue weighted by molar-refractivity contribution is 6.38. The molecule has 24 heavy (non-hydrogen) atoms. The largest absolute Gasteiger partial charge is 0.618 e. The summed E-state index contributed by atoms with van der Waals surface area (Å²) in [6.07, 6.45) is 1.44. The lowest BCUT2D eigenvalue weighted by Crippen LogP contribution is -2.35. The van der Waals surface area contributed by atoms with Crippen molar-refractivity contribution in [1.82, 2.24) is 9.96 Å². The summed E-state index contributed by atoms with van der Waals surface area (Å²) in [6.45, 7) is 1.52. The van der Waals surface area contributed by atoms with E-state index in [2.05, 4.69) is 4.99 Å². The molecule has 0 N–H and O–H groups in total. The highest BCUT2D eigenvalue weighted by Gasteiger charge is 2.26. The van der Waals surface area contributed by atoms with Gasteiger partial charge in [-0.2, -0.15) is 4.73 Å². The molecule has 1 aromatic carbocycles. The zero-order valence-corrected chi connectivity index (χ0v) is 14.5. The van der Waals surface area contributed by atoms with Gasteiger partial charge in [-0.3, -0.25) is 4.84 Å². The first-order chi connectivity index (χ1) is 11.6. The molecule has 1 aliphatic rings. The second-order valence-electron chi connectivity index (χ2n) is 5.30. The quantitative estimate of drug-likeness (QED) is 0.616. The minimum Gasteiger partial charge on any atom is -0.618 e. The van der Waals surface area contributed by atoms with E-state index >= 15 is 0 Å². The topological polar surface area (TPSA) is 55.0 Å². The molecule has 1 saturated heterocycles. The summed E-state index contributed by atoms with van der Waals surface area (Å²) in [7, 11) is 1.91. The number of aliphatic imine (C=N–C) groups is 1. The second-order valence-corrected chi connectivity index (χ2v) is 6.11. The Morgan fingerprint density at radius 1 is 1.17 bits per heavy atom. The SMILES string of the molecule is CN1CCN(OCc2cccc[n+]2[O-])C1=Nc1c(Cl)cccc1Cl. The molecule has 8 heteroatoms. The van der Waals surface area contributed by atoms with Crippen molar-refractivity contribution >= 4 is 34.8 Å². The maximum Gasteiger partial charge on any atom is 0.226 e. The predicted octanol–water partition coefficient (Wildman–Crippen LogP) is 2.99. The van der Waals surface area contributed by atoms with Crippen LogP contribution in [0.4, 0.5) is 5.69 Å². The number of pyridine rings is 1. The third-order valence-electron chi connectivity index (χ3n) is 3.62. The summed E-state index contributed by atoms with van der Waals surface area (Å²) in [5.41, 5.74) is 1.01. The Morgan fingerprint density at radius 2 is 1.92 bits per heavy atom. The summed E-state index contributed by atoms with van der Waals surface area (Å²) in [5.74, 6) is 0.596. The summed E-state index contributed by atoms with van der Waals surface area (Å²) < 4.78 is 0.779. The minimum absolute atomic E-state index is 0.146. The van der Waals surface area contributed by atoms with Crippen molar-refractivity contribution in [2.45, 2.75) is 6.61 Å². The van der Waals surface area contributed by atoms with Crippen LogP contribution >= 0.6 is 23.2 Å². The highest BCUT2D eigenvalue weighted by atomic mass is 35.5. The van der Waals surface area contributed by atoms with E-state index in [-0.39, 0.29) is 6.61 Å². The number of hydrogen-bond acceptors (Lipinski definition) is 3. The molecule has 1 aromatic heterocycles. The Bertz CT molecular complexity index is 749. The molecular weight excluding hydrogens is 351 g/mol. The minimum atomic E-state index is 0.146. The number of halogens is 2. The third kappa shape index (κ3) is 3.56. The van der Waals surface area contributed by atoms with Crippen LogP contribution in [-0.4, -0.2) is 36.1 Å². The van der Waals surface area contributed by atoms with Crippen molar-refractivity contribution in [2.75, 3.05) is 20.1 Å².